The van der Waals surface area contributed by atoms with E-state index in [1.807, 2.05) is 0 Å². The van der Waals surface area contributed by atoms with Crippen LogP contribution in [0.2, 0.25) is 0 Å². The lowest BCUT2D eigenvalue weighted by atomic mass is 9.89. The monoisotopic (exact) mass is 166 g/mol. The molecule has 1 saturated carbocycles. The summed E-state index contributed by atoms with van der Waals surface area (Å²) < 4.78 is 0. The van der Waals surface area contributed by atoms with Crippen LogP contribution in [0.4, 0.5) is 0 Å². The van der Waals surface area contributed by atoms with E-state index in [0.717, 1.165) is 17.8 Å². The summed E-state index contributed by atoms with van der Waals surface area (Å²) in [5.41, 5.74) is 1.74. The Morgan fingerprint density at radius 1 is 1.25 bits per heavy atom. The highest BCUT2D eigenvalue weighted by Gasteiger charge is 2.23. The standard InChI is InChI=1S/C12H22/c1-9(2)8-11-6-5-7-12(11)10(3)4/h8-10,12H,5-7H2,1-4H3/b11-8-. The molecule has 0 heterocycles. The van der Waals surface area contributed by atoms with E-state index >= 15 is 0 Å². The van der Waals surface area contributed by atoms with Gasteiger partial charge in [-0.1, -0.05) is 39.3 Å². The predicted molar refractivity (Wildman–Crippen MR) is 55.1 cm³/mol. The molecule has 0 aromatic carbocycles. The van der Waals surface area contributed by atoms with Crippen molar-refractivity contribution in [3.05, 3.63) is 11.6 Å². The Morgan fingerprint density at radius 2 is 1.92 bits per heavy atom. The number of hydrogen-bond donors (Lipinski definition) is 0. The van der Waals surface area contributed by atoms with Gasteiger partial charge in [-0.15, -0.1) is 0 Å². The average molecular weight is 166 g/mol. The van der Waals surface area contributed by atoms with Gasteiger partial charge in [0.2, 0.25) is 0 Å². The molecule has 1 rings (SSSR count). The molecule has 1 atom stereocenters. The fourth-order valence-corrected chi connectivity index (χ4v) is 2.29. The van der Waals surface area contributed by atoms with Gasteiger partial charge in [0.1, 0.15) is 0 Å². The van der Waals surface area contributed by atoms with Crippen LogP contribution in [-0.2, 0) is 0 Å². The predicted octanol–water partition coefficient (Wildman–Crippen LogP) is 4.02. The van der Waals surface area contributed by atoms with E-state index < -0.39 is 0 Å². The van der Waals surface area contributed by atoms with Crippen LogP contribution in [0, 0.1) is 17.8 Å². The van der Waals surface area contributed by atoms with Crippen molar-refractivity contribution in [3.8, 4) is 0 Å². The van der Waals surface area contributed by atoms with Crippen molar-refractivity contribution in [2.24, 2.45) is 17.8 Å². The van der Waals surface area contributed by atoms with Gasteiger partial charge in [-0.2, -0.15) is 0 Å². The molecule has 0 amide bonds. The zero-order chi connectivity index (χ0) is 9.14. The third-order valence-electron chi connectivity index (χ3n) is 2.81. The summed E-state index contributed by atoms with van der Waals surface area (Å²) in [4.78, 5) is 0. The SMILES string of the molecule is CC(C)/C=C1/CCCC1C(C)C. The summed E-state index contributed by atoms with van der Waals surface area (Å²) in [7, 11) is 0. The maximum Gasteiger partial charge on any atom is -0.0180 e. The normalized spacial score (nSPS) is 27.8. The molecule has 0 nitrogen and oxygen atoms in total. The Morgan fingerprint density at radius 3 is 2.42 bits per heavy atom. The van der Waals surface area contributed by atoms with E-state index in [0.29, 0.717) is 0 Å². The molecule has 1 aliphatic rings. The average Bonchev–Trinajstić information content (AvgIpc) is 2.33. The topological polar surface area (TPSA) is 0 Å². The fraction of sp³-hybridized carbons (Fsp3) is 0.833. The van der Waals surface area contributed by atoms with Gasteiger partial charge in [-0.3, -0.25) is 0 Å². The number of hydrogen-bond acceptors (Lipinski definition) is 0. The van der Waals surface area contributed by atoms with Crippen molar-refractivity contribution in [3.63, 3.8) is 0 Å². The van der Waals surface area contributed by atoms with Crippen LogP contribution in [0.5, 0.6) is 0 Å². The number of rotatable bonds is 2. The Hall–Kier alpha value is -0.260. The molecule has 0 aromatic rings. The quantitative estimate of drug-likeness (QED) is 0.543. The third kappa shape index (κ3) is 2.36. The summed E-state index contributed by atoms with van der Waals surface area (Å²) in [6, 6.07) is 0. The minimum atomic E-state index is 0.736. The van der Waals surface area contributed by atoms with Gasteiger partial charge in [0, 0.05) is 0 Å². The summed E-state index contributed by atoms with van der Waals surface area (Å²) in [6.45, 7) is 9.26. The van der Waals surface area contributed by atoms with Gasteiger partial charge >= 0.3 is 0 Å². The lowest BCUT2D eigenvalue weighted by Gasteiger charge is -2.16. The number of allylic oxidation sites excluding steroid dienone is 2. The second-order valence-corrected chi connectivity index (χ2v) is 4.73. The fourth-order valence-electron chi connectivity index (χ4n) is 2.29. The molecule has 1 unspecified atom stereocenters. The zero-order valence-corrected chi connectivity index (χ0v) is 8.93. The molecular weight excluding hydrogens is 144 g/mol. The Labute approximate surface area is 77.1 Å². The van der Waals surface area contributed by atoms with E-state index in [1.165, 1.54) is 19.3 Å². The first kappa shape index (κ1) is 9.83. The minimum Gasteiger partial charge on any atom is -0.0825 e. The molecule has 0 radical (unpaired) electrons. The molecule has 1 aliphatic carbocycles. The smallest absolute Gasteiger partial charge is 0.0180 e. The molecule has 0 aromatic heterocycles. The Balaban J connectivity index is 2.63. The van der Waals surface area contributed by atoms with Crippen molar-refractivity contribution >= 4 is 0 Å². The molecule has 0 bridgehead atoms. The van der Waals surface area contributed by atoms with Crippen LogP contribution >= 0.6 is 0 Å². The highest BCUT2D eigenvalue weighted by molar-refractivity contribution is 5.12. The van der Waals surface area contributed by atoms with Crippen LogP contribution in [0.25, 0.3) is 0 Å². The first-order chi connectivity index (χ1) is 5.61. The molecular formula is C12H22. The summed E-state index contributed by atoms with van der Waals surface area (Å²) in [5.74, 6) is 2.48. The maximum absolute atomic E-state index is 2.48. The van der Waals surface area contributed by atoms with E-state index in [2.05, 4.69) is 33.8 Å². The molecule has 0 spiro atoms. The van der Waals surface area contributed by atoms with Gasteiger partial charge in [0.05, 0.1) is 0 Å². The Kier molecular flexibility index (Phi) is 3.37. The lowest BCUT2D eigenvalue weighted by Crippen LogP contribution is -2.06. The van der Waals surface area contributed by atoms with Gasteiger partial charge in [0.25, 0.3) is 0 Å². The van der Waals surface area contributed by atoms with Crippen molar-refractivity contribution in [1.82, 2.24) is 0 Å². The first-order valence-corrected chi connectivity index (χ1v) is 5.32. The van der Waals surface area contributed by atoms with Crippen LogP contribution in [0.15, 0.2) is 11.6 Å². The third-order valence-corrected chi connectivity index (χ3v) is 2.81. The summed E-state index contributed by atoms with van der Waals surface area (Å²) >= 11 is 0. The van der Waals surface area contributed by atoms with Crippen LogP contribution in [0.1, 0.15) is 47.0 Å². The van der Waals surface area contributed by atoms with E-state index in [4.69, 9.17) is 0 Å². The molecule has 0 aliphatic heterocycles. The molecule has 0 N–H and O–H groups in total. The van der Waals surface area contributed by atoms with E-state index in [1.54, 1.807) is 5.57 Å². The molecule has 0 saturated heterocycles. The van der Waals surface area contributed by atoms with Crippen molar-refractivity contribution < 1.29 is 0 Å². The van der Waals surface area contributed by atoms with Crippen molar-refractivity contribution in [2.45, 2.75) is 47.0 Å². The van der Waals surface area contributed by atoms with Crippen molar-refractivity contribution in [2.75, 3.05) is 0 Å². The lowest BCUT2D eigenvalue weighted by molar-refractivity contribution is 0.450. The van der Waals surface area contributed by atoms with Crippen molar-refractivity contribution in [1.29, 1.82) is 0 Å². The molecule has 1 fully saturated rings. The molecule has 70 valence electrons. The first-order valence-electron chi connectivity index (χ1n) is 5.32. The minimum absolute atomic E-state index is 0.736. The Bertz CT molecular complexity index is 163. The van der Waals surface area contributed by atoms with Crippen LogP contribution < -0.4 is 0 Å². The second kappa shape index (κ2) is 4.11. The summed E-state index contributed by atoms with van der Waals surface area (Å²) in [5, 5.41) is 0. The van der Waals surface area contributed by atoms with E-state index in [9.17, 15) is 0 Å². The largest absolute Gasteiger partial charge is 0.0825 e. The second-order valence-electron chi connectivity index (χ2n) is 4.73. The van der Waals surface area contributed by atoms with Gasteiger partial charge < -0.3 is 0 Å². The van der Waals surface area contributed by atoms with Gasteiger partial charge in [-0.25, -0.2) is 0 Å². The van der Waals surface area contributed by atoms with Gasteiger partial charge in [0.15, 0.2) is 0 Å². The van der Waals surface area contributed by atoms with E-state index in [-0.39, 0.29) is 0 Å². The maximum atomic E-state index is 2.48. The zero-order valence-electron chi connectivity index (χ0n) is 8.93. The van der Waals surface area contributed by atoms with Gasteiger partial charge in [-0.05, 0) is 37.0 Å². The molecule has 0 heteroatoms. The highest BCUT2D eigenvalue weighted by atomic mass is 14.3. The highest BCUT2D eigenvalue weighted by Crippen LogP contribution is 2.36. The van der Waals surface area contributed by atoms with Crippen LogP contribution in [-0.4, -0.2) is 0 Å². The summed E-state index contributed by atoms with van der Waals surface area (Å²) in [6.07, 6.45) is 6.69. The molecule has 12 heavy (non-hydrogen) atoms. The van der Waals surface area contributed by atoms with Crippen LogP contribution in [0.3, 0.4) is 0 Å².